The second-order valence-corrected chi connectivity index (χ2v) is 5.15. The Labute approximate surface area is 120 Å². The van der Waals surface area contributed by atoms with Crippen molar-refractivity contribution < 1.29 is 9.13 Å². The molecule has 2 rings (SSSR count). The van der Waals surface area contributed by atoms with E-state index in [4.69, 9.17) is 10.5 Å². The van der Waals surface area contributed by atoms with Crippen molar-refractivity contribution in [1.82, 2.24) is 0 Å². The summed E-state index contributed by atoms with van der Waals surface area (Å²) in [5.41, 5.74) is 8.51. The first-order valence-electron chi connectivity index (χ1n) is 7.34. The molecule has 3 nitrogen and oxygen atoms in total. The quantitative estimate of drug-likeness (QED) is 0.583. The van der Waals surface area contributed by atoms with Crippen molar-refractivity contribution in [1.29, 1.82) is 0 Å². The van der Waals surface area contributed by atoms with E-state index in [9.17, 15) is 4.39 Å². The summed E-state index contributed by atoms with van der Waals surface area (Å²) < 4.78 is 19.1. The molecule has 1 aliphatic rings. The topological polar surface area (TPSA) is 47.3 Å². The van der Waals surface area contributed by atoms with Crippen molar-refractivity contribution in [2.24, 2.45) is 0 Å². The Morgan fingerprint density at radius 2 is 2.25 bits per heavy atom. The molecular formula is C16H23FN2O. The minimum absolute atomic E-state index is 0.267. The molecule has 110 valence electrons. The van der Waals surface area contributed by atoms with E-state index in [1.165, 1.54) is 30.9 Å². The summed E-state index contributed by atoms with van der Waals surface area (Å²) in [4.78, 5) is 0. The first-order chi connectivity index (χ1) is 9.70. The van der Waals surface area contributed by atoms with E-state index < -0.39 is 5.82 Å². The fraction of sp³-hybridized carbons (Fsp3) is 0.500. The zero-order valence-corrected chi connectivity index (χ0v) is 12.0. The molecule has 0 atom stereocenters. The number of anilines is 2. The Bertz CT molecular complexity index is 486. The van der Waals surface area contributed by atoms with Gasteiger partial charge in [0.1, 0.15) is 0 Å². The Morgan fingerprint density at radius 3 is 2.95 bits per heavy atom. The van der Waals surface area contributed by atoms with Crippen LogP contribution in [0.15, 0.2) is 23.8 Å². The van der Waals surface area contributed by atoms with Crippen molar-refractivity contribution in [3.63, 3.8) is 0 Å². The van der Waals surface area contributed by atoms with Gasteiger partial charge in [-0.1, -0.05) is 18.6 Å². The van der Waals surface area contributed by atoms with Gasteiger partial charge in [-0.15, -0.1) is 0 Å². The van der Waals surface area contributed by atoms with E-state index in [-0.39, 0.29) is 5.75 Å². The molecule has 0 spiro atoms. The molecule has 0 amide bonds. The number of nitrogens with one attached hydrogen (secondary N) is 1. The van der Waals surface area contributed by atoms with Crippen LogP contribution in [0.3, 0.4) is 0 Å². The van der Waals surface area contributed by atoms with Crippen molar-refractivity contribution in [3.8, 4) is 5.75 Å². The number of nitrogen functional groups attached to an aromatic ring is 1. The van der Waals surface area contributed by atoms with Crippen LogP contribution in [-0.2, 0) is 0 Å². The maximum absolute atomic E-state index is 13.7. The van der Waals surface area contributed by atoms with E-state index in [1.807, 2.05) is 6.92 Å². The maximum atomic E-state index is 13.7. The van der Waals surface area contributed by atoms with Crippen molar-refractivity contribution in [3.05, 3.63) is 29.6 Å². The Hall–Kier alpha value is -1.71. The minimum Gasteiger partial charge on any atom is -0.490 e. The van der Waals surface area contributed by atoms with Crippen LogP contribution in [0.2, 0.25) is 0 Å². The van der Waals surface area contributed by atoms with Crippen LogP contribution in [0.5, 0.6) is 5.75 Å². The fourth-order valence-corrected chi connectivity index (χ4v) is 2.37. The lowest BCUT2D eigenvalue weighted by Crippen LogP contribution is -2.07. The van der Waals surface area contributed by atoms with Crippen LogP contribution in [0.25, 0.3) is 0 Å². The van der Waals surface area contributed by atoms with Crippen LogP contribution in [0.4, 0.5) is 15.8 Å². The molecule has 0 unspecified atom stereocenters. The molecule has 0 bridgehead atoms. The first-order valence-corrected chi connectivity index (χ1v) is 7.34. The van der Waals surface area contributed by atoms with E-state index in [2.05, 4.69) is 11.4 Å². The third-order valence-electron chi connectivity index (χ3n) is 3.46. The van der Waals surface area contributed by atoms with Gasteiger partial charge in [0.05, 0.1) is 18.0 Å². The van der Waals surface area contributed by atoms with Crippen molar-refractivity contribution in [2.75, 3.05) is 24.2 Å². The summed E-state index contributed by atoms with van der Waals surface area (Å²) in [5.74, 6) is -0.136. The van der Waals surface area contributed by atoms with Gasteiger partial charge < -0.3 is 15.8 Å². The molecular weight excluding hydrogens is 255 g/mol. The number of ether oxygens (including phenoxy) is 1. The van der Waals surface area contributed by atoms with E-state index in [1.54, 1.807) is 6.07 Å². The SMILES string of the molecule is CCCOc1cc(NCCC2=CCCC2)c(N)cc1F. The van der Waals surface area contributed by atoms with Gasteiger partial charge in [0.25, 0.3) is 0 Å². The molecule has 0 saturated carbocycles. The smallest absolute Gasteiger partial charge is 0.167 e. The molecule has 20 heavy (non-hydrogen) atoms. The number of hydrogen-bond donors (Lipinski definition) is 2. The second-order valence-electron chi connectivity index (χ2n) is 5.15. The van der Waals surface area contributed by atoms with Gasteiger partial charge in [0, 0.05) is 18.7 Å². The summed E-state index contributed by atoms with van der Waals surface area (Å²) in [7, 11) is 0. The minimum atomic E-state index is -0.403. The van der Waals surface area contributed by atoms with Gasteiger partial charge in [0.2, 0.25) is 0 Å². The number of halogens is 1. The summed E-state index contributed by atoms with van der Waals surface area (Å²) in [6, 6.07) is 2.98. The monoisotopic (exact) mass is 278 g/mol. The largest absolute Gasteiger partial charge is 0.490 e. The zero-order valence-electron chi connectivity index (χ0n) is 12.0. The lowest BCUT2D eigenvalue weighted by molar-refractivity contribution is 0.301. The summed E-state index contributed by atoms with van der Waals surface area (Å²) in [5, 5.41) is 3.27. The van der Waals surface area contributed by atoms with Crippen molar-refractivity contribution in [2.45, 2.75) is 39.0 Å². The zero-order chi connectivity index (χ0) is 14.4. The molecule has 1 aromatic rings. The average Bonchev–Trinajstić information content (AvgIpc) is 2.93. The van der Waals surface area contributed by atoms with Crippen LogP contribution in [0.1, 0.15) is 39.0 Å². The third kappa shape index (κ3) is 3.89. The highest BCUT2D eigenvalue weighted by atomic mass is 19.1. The molecule has 1 aromatic carbocycles. The van der Waals surface area contributed by atoms with Gasteiger partial charge in [0.15, 0.2) is 11.6 Å². The average molecular weight is 278 g/mol. The van der Waals surface area contributed by atoms with Crippen LogP contribution in [-0.4, -0.2) is 13.2 Å². The van der Waals surface area contributed by atoms with Crippen LogP contribution in [0, 0.1) is 5.82 Å². The lowest BCUT2D eigenvalue weighted by Gasteiger charge is -2.13. The predicted molar refractivity (Wildman–Crippen MR) is 81.6 cm³/mol. The Balaban J connectivity index is 1.95. The highest BCUT2D eigenvalue weighted by Gasteiger charge is 2.09. The number of hydrogen-bond acceptors (Lipinski definition) is 3. The van der Waals surface area contributed by atoms with Gasteiger partial charge in [-0.2, -0.15) is 0 Å². The number of allylic oxidation sites excluding steroid dienone is 1. The Kier molecular flexibility index (Phi) is 5.27. The molecule has 4 heteroatoms. The fourth-order valence-electron chi connectivity index (χ4n) is 2.37. The highest BCUT2D eigenvalue weighted by Crippen LogP contribution is 2.29. The summed E-state index contributed by atoms with van der Waals surface area (Å²) in [6.07, 6.45) is 7.84. The van der Waals surface area contributed by atoms with Crippen LogP contribution < -0.4 is 15.8 Å². The molecule has 0 radical (unpaired) electrons. The number of nitrogens with two attached hydrogens (primary N) is 1. The molecule has 0 saturated heterocycles. The number of benzene rings is 1. The summed E-state index contributed by atoms with van der Waals surface area (Å²) >= 11 is 0. The van der Waals surface area contributed by atoms with Crippen LogP contribution >= 0.6 is 0 Å². The summed E-state index contributed by atoms with van der Waals surface area (Å²) in [6.45, 7) is 3.31. The van der Waals surface area contributed by atoms with E-state index in [0.717, 1.165) is 25.1 Å². The van der Waals surface area contributed by atoms with Gasteiger partial charge in [-0.3, -0.25) is 0 Å². The van der Waals surface area contributed by atoms with Gasteiger partial charge in [-0.25, -0.2) is 4.39 Å². The predicted octanol–water partition coefficient (Wildman–Crippen LogP) is 4.11. The first kappa shape index (κ1) is 14.7. The normalized spacial score (nSPS) is 14.2. The van der Waals surface area contributed by atoms with E-state index >= 15 is 0 Å². The number of rotatable bonds is 7. The molecule has 0 fully saturated rings. The second kappa shape index (κ2) is 7.17. The standard InChI is InChI=1S/C16H23FN2O/c1-2-9-20-16-11-15(14(18)10-13(16)17)19-8-7-12-5-3-4-6-12/h5,10-11,19H,2-4,6-9,18H2,1H3. The maximum Gasteiger partial charge on any atom is 0.167 e. The lowest BCUT2D eigenvalue weighted by atomic mass is 10.1. The van der Waals surface area contributed by atoms with E-state index in [0.29, 0.717) is 12.3 Å². The van der Waals surface area contributed by atoms with Gasteiger partial charge in [-0.05, 0) is 32.1 Å². The third-order valence-corrected chi connectivity index (χ3v) is 3.46. The van der Waals surface area contributed by atoms with Gasteiger partial charge >= 0.3 is 0 Å². The highest BCUT2D eigenvalue weighted by molar-refractivity contribution is 5.68. The molecule has 1 aliphatic carbocycles. The molecule has 0 heterocycles. The molecule has 3 N–H and O–H groups in total. The molecule has 0 aliphatic heterocycles. The Morgan fingerprint density at radius 1 is 1.40 bits per heavy atom. The van der Waals surface area contributed by atoms with Crippen molar-refractivity contribution >= 4 is 11.4 Å². The molecule has 0 aromatic heterocycles.